The van der Waals surface area contributed by atoms with E-state index in [1.165, 1.54) is 0 Å². The van der Waals surface area contributed by atoms with Crippen LogP contribution in [-0.4, -0.2) is 39.3 Å². The van der Waals surface area contributed by atoms with Crippen molar-refractivity contribution in [3.05, 3.63) is 70.6 Å². The summed E-state index contributed by atoms with van der Waals surface area (Å²) in [5.74, 6) is 0.459. The van der Waals surface area contributed by atoms with Gasteiger partial charge < -0.3 is 9.52 Å². The van der Waals surface area contributed by atoms with E-state index in [0.29, 0.717) is 22.4 Å². The van der Waals surface area contributed by atoms with E-state index < -0.39 is 5.97 Å². The number of halogens is 1. The maximum atomic E-state index is 10.9. The van der Waals surface area contributed by atoms with Crippen LogP contribution in [-0.2, 0) is 6.54 Å². The summed E-state index contributed by atoms with van der Waals surface area (Å²) in [5.41, 5.74) is 2.25. The van der Waals surface area contributed by atoms with Crippen LogP contribution in [0.5, 0.6) is 0 Å². The highest BCUT2D eigenvalue weighted by Crippen LogP contribution is 2.29. The smallest absolute Gasteiger partial charge is 0.335 e. The Morgan fingerprint density at radius 3 is 2.59 bits per heavy atom. The molecule has 1 N–H and O–H groups in total. The van der Waals surface area contributed by atoms with Crippen molar-refractivity contribution >= 4 is 17.6 Å². The average Bonchev–Trinajstić information content (AvgIpc) is 3.32. The number of benzene rings is 2. The molecular weight excluding hydrogens is 366 g/mol. The fourth-order valence-corrected chi connectivity index (χ4v) is 3.42. The lowest BCUT2D eigenvalue weighted by molar-refractivity contribution is 0.0697. The van der Waals surface area contributed by atoms with Crippen LogP contribution in [0.1, 0.15) is 34.2 Å². The van der Waals surface area contributed by atoms with Gasteiger partial charge in [0, 0.05) is 23.7 Å². The standard InChI is InChI=1S/C20H18ClN3O3/c21-17-7-5-14(6-8-17)18-22-23-19(27-18)16-9-10-24(12-16)11-13-1-3-15(4-2-13)20(25)26/h1-8,16H,9-12H2,(H,25,26)/t16-/m0/s1. The number of aromatic nitrogens is 2. The summed E-state index contributed by atoms with van der Waals surface area (Å²) in [7, 11) is 0. The number of carboxylic acids is 1. The zero-order valence-corrected chi connectivity index (χ0v) is 15.3. The molecule has 6 nitrogen and oxygen atoms in total. The lowest BCUT2D eigenvalue weighted by Gasteiger charge is -2.15. The third kappa shape index (κ3) is 4.02. The first-order valence-corrected chi connectivity index (χ1v) is 9.10. The van der Waals surface area contributed by atoms with Crippen LogP contribution in [0, 0.1) is 0 Å². The number of carboxylic acid groups (broad SMARTS) is 1. The molecule has 1 atom stereocenters. The molecule has 0 amide bonds. The first-order valence-electron chi connectivity index (χ1n) is 8.72. The minimum atomic E-state index is -0.907. The summed E-state index contributed by atoms with van der Waals surface area (Å²) >= 11 is 5.91. The van der Waals surface area contributed by atoms with Crippen LogP contribution in [0.15, 0.2) is 52.9 Å². The highest BCUT2D eigenvalue weighted by Gasteiger charge is 2.28. The predicted molar refractivity (Wildman–Crippen MR) is 101 cm³/mol. The van der Waals surface area contributed by atoms with Crippen molar-refractivity contribution in [3.63, 3.8) is 0 Å². The molecule has 1 aliphatic heterocycles. The van der Waals surface area contributed by atoms with Gasteiger partial charge in [-0.2, -0.15) is 0 Å². The van der Waals surface area contributed by atoms with Gasteiger partial charge in [-0.1, -0.05) is 23.7 Å². The molecule has 3 aromatic rings. The number of hydrogen-bond donors (Lipinski definition) is 1. The molecule has 7 heteroatoms. The number of nitrogens with zero attached hydrogens (tertiary/aromatic N) is 3. The monoisotopic (exact) mass is 383 g/mol. The predicted octanol–water partition coefficient (Wildman–Crippen LogP) is 4.08. The second-order valence-electron chi connectivity index (χ2n) is 6.68. The quantitative estimate of drug-likeness (QED) is 0.715. The summed E-state index contributed by atoms with van der Waals surface area (Å²) in [6.07, 6.45) is 0.954. The molecule has 4 rings (SSSR count). The Morgan fingerprint density at radius 2 is 1.89 bits per heavy atom. The molecule has 0 bridgehead atoms. The van der Waals surface area contributed by atoms with Crippen molar-refractivity contribution in [2.24, 2.45) is 0 Å². The summed E-state index contributed by atoms with van der Waals surface area (Å²) in [6.45, 7) is 2.54. The van der Waals surface area contributed by atoms with E-state index in [1.807, 2.05) is 24.3 Å². The van der Waals surface area contributed by atoms with Gasteiger partial charge >= 0.3 is 5.97 Å². The van der Waals surface area contributed by atoms with Crippen molar-refractivity contribution in [2.45, 2.75) is 18.9 Å². The first kappa shape index (κ1) is 17.7. The van der Waals surface area contributed by atoms with Gasteiger partial charge in [0.05, 0.1) is 11.5 Å². The number of hydrogen-bond acceptors (Lipinski definition) is 5. The van der Waals surface area contributed by atoms with E-state index in [-0.39, 0.29) is 5.92 Å². The van der Waals surface area contributed by atoms with Crippen LogP contribution in [0.2, 0.25) is 5.02 Å². The lowest BCUT2D eigenvalue weighted by Crippen LogP contribution is -2.19. The average molecular weight is 384 g/mol. The van der Waals surface area contributed by atoms with Gasteiger partial charge in [-0.15, -0.1) is 10.2 Å². The van der Waals surface area contributed by atoms with Crippen molar-refractivity contribution in [1.82, 2.24) is 15.1 Å². The van der Waals surface area contributed by atoms with Gasteiger partial charge in [0.1, 0.15) is 0 Å². The molecule has 1 saturated heterocycles. The summed E-state index contributed by atoms with van der Waals surface area (Å²) in [5, 5.41) is 18.0. The zero-order chi connectivity index (χ0) is 18.8. The Labute approximate surface area is 161 Å². The van der Waals surface area contributed by atoms with E-state index in [9.17, 15) is 4.79 Å². The highest BCUT2D eigenvalue weighted by molar-refractivity contribution is 6.30. The normalized spacial score (nSPS) is 17.3. The minimum Gasteiger partial charge on any atom is -0.478 e. The maximum Gasteiger partial charge on any atom is 0.335 e. The molecule has 2 aromatic carbocycles. The van der Waals surface area contributed by atoms with Crippen LogP contribution < -0.4 is 0 Å². The molecule has 1 fully saturated rings. The fraction of sp³-hybridized carbons (Fsp3) is 0.250. The van der Waals surface area contributed by atoms with E-state index in [1.54, 1.807) is 24.3 Å². The van der Waals surface area contributed by atoms with Crippen molar-refractivity contribution in [1.29, 1.82) is 0 Å². The third-order valence-corrected chi connectivity index (χ3v) is 5.01. The van der Waals surface area contributed by atoms with Crippen LogP contribution in [0.4, 0.5) is 0 Å². The number of aromatic carboxylic acids is 1. The molecule has 27 heavy (non-hydrogen) atoms. The Balaban J connectivity index is 1.39. The molecule has 2 heterocycles. The molecule has 1 aliphatic rings. The molecular formula is C20H18ClN3O3. The molecule has 0 aliphatic carbocycles. The van der Waals surface area contributed by atoms with Crippen LogP contribution in [0.25, 0.3) is 11.5 Å². The van der Waals surface area contributed by atoms with Crippen molar-refractivity contribution in [3.8, 4) is 11.5 Å². The van der Waals surface area contributed by atoms with Crippen LogP contribution >= 0.6 is 11.6 Å². The Bertz CT molecular complexity index is 938. The molecule has 0 radical (unpaired) electrons. The van der Waals surface area contributed by atoms with Gasteiger partial charge in [0.2, 0.25) is 11.8 Å². The van der Waals surface area contributed by atoms with E-state index >= 15 is 0 Å². The third-order valence-electron chi connectivity index (χ3n) is 4.76. The Kier molecular flexibility index (Phi) is 4.92. The van der Waals surface area contributed by atoms with Gasteiger partial charge in [-0.05, 0) is 54.9 Å². The van der Waals surface area contributed by atoms with E-state index in [4.69, 9.17) is 21.1 Å². The summed E-state index contributed by atoms with van der Waals surface area (Å²) in [6, 6.07) is 14.3. The molecule has 0 saturated carbocycles. The largest absolute Gasteiger partial charge is 0.478 e. The molecule has 0 spiro atoms. The number of likely N-dealkylation sites (tertiary alicyclic amines) is 1. The number of carbonyl (C=O) groups is 1. The Hall–Kier alpha value is -2.70. The van der Waals surface area contributed by atoms with Gasteiger partial charge in [0.15, 0.2) is 0 Å². The lowest BCUT2D eigenvalue weighted by atomic mass is 10.1. The molecule has 138 valence electrons. The van der Waals surface area contributed by atoms with E-state index in [0.717, 1.165) is 37.2 Å². The summed E-state index contributed by atoms with van der Waals surface area (Å²) in [4.78, 5) is 13.2. The zero-order valence-electron chi connectivity index (χ0n) is 14.5. The first-order chi connectivity index (χ1) is 13.1. The number of rotatable bonds is 5. The van der Waals surface area contributed by atoms with Crippen molar-refractivity contribution in [2.75, 3.05) is 13.1 Å². The van der Waals surface area contributed by atoms with Gasteiger partial charge in [0.25, 0.3) is 0 Å². The second kappa shape index (κ2) is 7.50. The minimum absolute atomic E-state index is 0.205. The topological polar surface area (TPSA) is 79.5 Å². The van der Waals surface area contributed by atoms with Crippen LogP contribution in [0.3, 0.4) is 0 Å². The molecule has 0 unspecified atom stereocenters. The fourth-order valence-electron chi connectivity index (χ4n) is 3.30. The van der Waals surface area contributed by atoms with Crippen molar-refractivity contribution < 1.29 is 14.3 Å². The summed E-state index contributed by atoms with van der Waals surface area (Å²) < 4.78 is 5.88. The van der Waals surface area contributed by atoms with E-state index in [2.05, 4.69) is 15.1 Å². The second-order valence-corrected chi connectivity index (χ2v) is 7.11. The SMILES string of the molecule is O=C(O)c1ccc(CN2CC[C@H](c3nnc(-c4ccc(Cl)cc4)o3)C2)cc1. The maximum absolute atomic E-state index is 10.9. The Morgan fingerprint density at radius 1 is 1.15 bits per heavy atom. The molecule has 1 aromatic heterocycles. The highest BCUT2D eigenvalue weighted by atomic mass is 35.5. The van der Waals surface area contributed by atoms with Gasteiger partial charge in [-0.3, -0.25) is 4.90 Å². The van der Waals surface area contributed by atoms with Gasteiger partial charge in [-0.25, -0.2) is 4.79 Å².